The molecule has 0 radical (unpaired) electrons. The lowest BCUT2D eigenvalue weighted by atomic mass is 10.2. The second kappa shape index (κ2) is 8.73. The lowest BCUT2D eigenvalue weighted by Gasteiger charge is -2.20. The Labute approximate surface area is 177 Å². The van der Waals surface area contributed by atoms with Crippen LogP contribution in [0.5, 0.6) is 0 Å². The van der Waals surface area contributed by atoms with Crippen LogP contribution in [0.15, 0.2) is 23.1 Å². The van der Waals surface area contributed by atoms with Crippen LogP contribution in [0.25, 0.3) is 0 Å². The minimum absolute atomic E-state index is 0.0744. The highest BCUT2D eigenvalue weighted by Gasteiger charge is 2.33. The number of carbonyl (C=O) groups excluding carboxylic acids is 3. The maximum Gasteiger partial charge on any atom is 0.326 e. The van der Waals surface area contributed by atoms with Gasteiger partial charge in [-0.15, -0.1) is 0 Å². The zero-order chi connectivity index (χ0) is 22.1. The van der Waals surface area contributed by atoms with Crippen LogP contribution in [0, 0.1) is 0 Å². The van der Waals surface area contributed by atoms with Crippen LogP contribution in [0.3, 0.4) is 0 Å². The summed E-state index contributed by atoms with van der Waals surface area (Å²) in [5.74, 6) is -0.344. The van der Waals surface area contributed by atoms with Gasteiger partial charge in [-0.05, 0) is 36.6 Å². The zero-order valence-electron chi connectivity index (χ0n) is 17.6. The molecule has 0 aliphatic carbocycles. The van der Waals surface area contributed by atoms with Gasteiger partial charge in [-0.2, -0.15) is 4.31 Å². The molecule has 3 rings (SSSR count). The van der Waals surface area contributed by atoms with Crippen LogP contribution in [-0.2, 0) is 26.0 Å². The van der Waals surface area contributed by atoms with Gasteiger partial charge >= 0.3 is 6.03 Å². The van der Waals surface area contributed by atoms with Crippen LogP contribution < -0.4 is 4.90 Å². The molecule has 2 aliphatic heterocycles. The molecule has 1 aromatic rings. The highest BCUT2D eigenvalue weighted by molar-refractivity contribution is 7.89. The van der Waals surface area contributed by atoms with Gasteiger partial charge in [-0.1, -0.05) is 13.8 Å². The van der Waals surface area contributed by atoms with Crippen molar-refractivity contribution in [3.05, 3.63) is 23.8 Å². The molecule has 1 saturated heterocycles. The Balaban J connectivity index is 1.65. The van der Waals surface area contributed by atoms with Gasteiger partial charge in [0.2, 0.25) is 21.8 Å². The fourth-order valence-electron chi connectivity index (χ4n) is 3.92. The lowest BCUT2D eigenvalue weighted by molar-refractivity contribution is -0.126. The van der Waals surface area contributed by atoms with Crippen LogP contribution >= 0.6 is 0 Å². The average molecular weight is 437 g/mol. The summed E-state index contributed by atoms with van der Waals surface area (Å²) in [4.78, 5) is 40.8. The number of nitrogens with zero attached hydrogens (tertiary/aromatic N) is 4. The van der Waals surface area contributed by atoms with E-state index in [0.29, 0.717) is 32.5 Å². The number of hydrogen-bond acceptors (Lipinski definition) is 5. The molecule has 0 atom stereocenters. The maximum atomic E-state index is 12.7. The monoisotopic (exact) mass is 436 g/mol. The first kappa shape index (κ1) is 22.2. The smallest absolute Gasteiger partial charge is 0.318 e. The molecule has 10 heteroatoms. The fraction of sp³-hybridized carbons (Fsp3) is 0.550. The first-order chi connectivity index (χ1) is 14.2. The summed E-state index contributed by atoms with van der Waals surface area (Å²) in [6, 6.07) is 4.57. The number of hydrogen-bond donors (Lipinski definition) is 0. The highest BCUT2D eigenvalue weighted by atomic mass is 32.2. The number of carbonyl (C=O) groups is 3. The highest BCUT2D eigenvalue weighted by Crippen LogP contribution is 2.31. The summed E-state index contributed by atoms with van der Waals surface area (Å²) in [6.07, 6.45) is 1.20. The van der Waals surface area contributed by atoms with E-state index in [2.05, 4.69) is 0 Å². The average Bonchev–Trinajstić information content (AvgIpc) is 3.24. The number of sulfonamides is 1. The summed E-state index contributed by atoms with van der Waals surface area (Å²) >= 11 is 0. The molecule has 0 spiro atoms. The van der Waals surface area contributed by atoms with Crippen LogP contribution in [0.2, 0.25) is 0 Å². The Bertz CT molecular complexity index is 958. The van der Waals surface area contributed by atoms with Crippen molar-refractivity contribution in [2.75, 3.05) is 44.7 Å². The maximum absolute atomic E-state index is 12.7. The standard InChI is InChI=1S/C20H28N4O5S/c1-4-22(5-2)30(28,29)16-8-9-17-15(13-16)10-12-23(17)18(25)7-6-11-24-19(26)14-21(3)20(24)27/h8-9,13H,4-7,10-12,14H2,1-3H3. The van der Waals surface area contributed by atoms with Crippen LogP contribution in [0.1, 0.15) is 32.3 Å². The number of fused-ring (bicyclic) bond motifs is 1. The van der Waals surface area contributed by atoms with Crippen molar-refractivity contribution in [3.8, 4) is 0 Å². The van der Waals surface area contributed by atoms with Gasteiger partial charge in [0.1, 0.15) is 6.54 Å². The number of urea groups is 1. The SMILES string of the molecule is CCN(CC)S(=O)(=O)c1ccc2c(c1)CCN2C(=O)CCCN1C(=O)CN(C)C1=O. The molecular weight excluding hydrogens is 408 g/mol. The molecule has 1 aromatic carbocycles. The Hall–Kier alpha value is -2.46. The van der Waals surface area contributed by atoms with E-state index < -0.39 is 10.0 Å². The molecule has 0 bridgehead atoms. The second-order valence-electron chi connectivity index (χ2n) is 7.46. The van der Waals surface area contributed by atoms with Gasteiger partial charge in [0, 0.05) is 45.3 Å². The van der Waals surface area contributed by atoms with Gasteiger partial charge in [0.25, 0.3) is 0 Å². The van der Waals surface area contributed by atoms with Crippen molar-refractivity contribution >= 4 is 33.6 Å². The summed E-state index contributed by atoms with van der Waals surface area (Å²) < 4.78 is 26.9. The molecule has 164 valence electrons. The molecule has 0 N–H and O–H groups in total. The molecule has 0 saturated carbocycles. The second-order valence-corrected chi connectivity index (χ2v) is 9.40. The minimum Gasteiger partial charge on any atom is -0.318 e. The third-order valence-corrected chi connectivity index (χ3v) is 7.64. The molecule has 2 heterocycles. The van der Waals surface area contributed by atoms with Crippen LogP contribution in [0.4, 0.5) is 10.5 Å². The summed E-state index contributed by atoms with van der Waals surface area (Å²) in [7, 11) is -1.97. The van der Waals surface area contributed by atoms with Gasteiger partial charge < -0.3 is 9.80 Å². The molecular formula is C20H28N4O5S. The number of benzene rings is 1. The van der Waals surface area contributed by atoms with Gasteiger partial charge in [0.05, 0.1) is 4.90 Å². The quantitative estimate of drug-likeness (QED) is 0.572. The fourth-order valence-corrected chi connectivity index (χ4v) is 5.43. The molecule has 1 fully saturated rings. The number of amides is 4. The Morgan fingerprint density at radius 1 is 1.17 bits per heavy atom. The van der Waals surface area contributed by atoms with E-state index >= 15 is 0 Å². The van der Waals surface area contributed by atoms with E-state index in [9.17, 15) is 22.8 Å². The van der Waals surface area contributed by atoms with Crippen molar-refractivity contribution in [2.24, 2.45) is 0 Å². The van der Waals surface area contributed by atoms with Crippen molar-refractivity contribution in [1.82, 2.24) is 14.1 Å². The predicted molar refractivity (Wildman–Crippen MR) is 112 cm³/mol. The van der Waals surface area contributed by atoms with Gasteiger partial charge in [0.15, 0.2) is 0 Å². The third kappa shape index (κ3) is 4.06. The van der Waals surface area contributed by atoms with Gasteiger partial charge in [-0.25, -0.2) is 13.2 Å². The van der Waals surface area contributed by atoms with Crippen molar-refractivity contribution in [3.63, 3.8) is 0 Å². The van der Waals surface area contributed by atoms with Crippen LogP contribution in [-0.4, -0.2) is 80.1 Å². The summed E-state index contributed by atoms with van der Waals surface area (Å²) in [5.41, 5.74) is 1.56. The van der Waals surface area contributed by atoms with E-state index in [-0.39, 0.29) is 42.3 Å². The Morgan fingerprint density at radius 2 is 1.87 bits per heavy atom. The van der Waals surface area contributed by atoms with E-state index in [1.165, 1.54) is 14.1 Å². The van der Waals surface area contributed by atoms with E-state index in [1.54, 1.807) is 44.0 Å². The third-order valence-electron chi connectivity index (χ3n) is 5.59. The minimum atomic E-state index is -3.54. The number of imide groups is 1. The molecule has 9 nitrogen and oxygen atoms in total. The first-order valence-electron chi connectivity index (χ1n) is 10.2. The van der Waals surface area contributed by atoms with E-state index in [1.807, 2.05) is 0 Å². The number of rotatable bonds is 8. The molecule has 0 unspecified atom stereocenters. The number of anilines is 1. The first-order valence-corrected chi connectivity index (χ1v) is 11.6. The largest absolute Gasteiger partial charge is 0.326 e. The molecule has 4 amide bonds. The Kier molecular flexibility index (Phi) is 6.47. The Morgan fingerprint density at radius 3 is 2.47 bits per heavy atom. The topological polar surface area (TPSA) is 98.3 Å². The molecule has 0 aromatic heterocycles. The number of likely N-dealkylation sites (N-methyl/N-ethyl adjacent to an activating group) is 1. The summed E-state index contributed by atoms with van der Waals surface area (Å²) in [5, 5.41) is 0. The van der Waals surface area contributed by atoms with Crippen molar-refractivity contribution in [1.29, 1.82) is 0 Å². The normalized spacial score (nSPS) is 16.7. The van der Waals surface area contributed by atoms with Crippen molar-refractivity contribution in [2.45, 2.75) is 38.0 Å². The predicted octanol–water partition coefficient (Wildman–Crippen LogP) is 1.28. The lowest BCUT2D eigenvalue weighted by Crippen LogP contribution is -2.34. The zero-order valence-corrected chi connectivity index (χ0v) is 18.4. The van der Waals surface area contributed by atoms with E-state index in [0.717, 1.165) is 11.3 Å². The molecule has 2 aliphatic rings. The van der Waals surface area contributed by atoms with Crippen molar-refractivity contribution < 1.29 is 22.8 Å². The molecule has 30 heavy (non-hydrogen) atoms. The van der Waals surface area contributed by atoms with Gasteiger partial charge in [-0.3, -0.25) is 14.5 Å². The summed E-state index contributed by atoms with van der Waals surface area (Å²) in [6.45, 7) is 5.19. The van der Waals surface area contributed by atoms with E-state index in [4.69, 9.17) is 0 Å².